The molecule has 1 amide bonds. The van der Waals surface area contributed by atoms with Crippen molar-refractivity contribution in [1.29, 1.82) is 0 Å². The number of hydrogen-bond donors (Lipinski definition) is 0. The lowest BCUT2D eigenvalue weighted by Gasteiger charge is -2.24. The van der Waals surface area contributed by atoms with Gasteiger partial charge in [0.05, 0.1) is 12.6 Å². The Kier molecular flexibility index (Phi) is 7.25. The van der Waals surface area contributed by atoms with Crippen molar-refractivity contribution in [2.24, 2.45) is 0 Å². The Morgan fingerprint density at radius 3 is 2.77 bits per heavy atom. The van der Waals surface area contributed by atoms with Crippen LogP contribution in [0.25, 0.3) is 11.4 Å². The van der Waals surface area contributed by atoms with Gasteiger partial charge in [-0.2, -0.15) is 5.10 Å². The van der Waals surface area contributed by atoms with Crippen LogP contribution in [0.3, 0.4) is 0 Å². The molecule has 1 saturated heterocycles. The highest BCUT2D eigenvalue weighted by atomic mass is 35.5. The first-order valence-corrected chi connectivity index (χ1v) is 12.5. The van der Waals surface area contributed by atoms with Gasteiger partial charge in [0.15, 0.2) is 10.6 Å². The zero-order chi connectivity index (χ0) is 21.8. The second-order valence-electron chi connectivity index (χ2n) is 7.85. The molecule has 0 N–H and O–H groups in total. The van der Waals surface area contributed by atoms with E-state index in [9.17, 15) is 4.79 Å². The molecule has 5 nitrogen and oxygen atoms in total. The first-order chi connectivity index (χ1) is 15.1. The van der Waals surface area contributed by atoms with E-state index in [-0.39, 0.29) is 11.9 Å². The highest BCUT2D eigenvalue weighted by Crippen LogP contribution is 2.34. The van der Waals surface area contributed by atoms with Gasteiger partial charge in [-0.1, -0.05) is 31.0 Å². The molecule has 4 rings (SSSR count). The number of aromatic nitrogens is 3. The van der Waals surface area contributed by atoms with Gasteiger partial charge >= 0.3 is 0 Å². The van der Waals surface area contributed by atoms with Crippen molar-refractivity contribution >= 4 is 41.1 Å². The molecule has 1 unspecified atom stereocenters. The average Bonchev–Trinajstić information content (AvgIpc) is 3.52. The van der Waals surface area contributed by atoms with Gasteiger partial charge in [-0.05, 0) is 67.2 Å². The maximum atomic E-state index is 13.0. The van der Waals surface area contributed by atoms with Crippen LogP contribution in [0.2, 0.25) is 5.02 Å². The standard InChI is InChI=1S/C23H27ClN4OS2/c1-2-3-13-27-22(17-8-10-18(24)11-9-17)25-28(23(27)30)15-12-21(29)26-14-4-6-19(26)20-7-5-16-31-20/h5,7-11,16,19H,2-4,6,12-15H2,1H3. The molecule has 0 saturated carbocycles. The third-order valence-electron chi connectivity index (χ3n) is 5.74. The summed E-state index contributed by atoms with van der Waals surface area (Å²) in [7, 11) is 0. The SMILES string of the molecule is CCCCn1c(-c2ccc(Cl)cc2)nn(CCC(=O)N2CCCC2c2cccs2)c1=S. The zero-order valence-electron chi connectivity index (χ0n) is 17.7. The molecular weight excluding hydrogens is 448 g/mol. The predicted octanol–water partition coefficient (Wildman–Crippen LogP) is 6.35. The van der Waals surface area contributed by atoms with Crippen molar-refractivity contribution in [2.45, 2.75) is 58.2 Å². The second kappa shape index (κ2) is 10.1. The number of carbonyl (C=O) groups is 1. The molecule has 164 valence electrons. The van der Waals surface area contributed by atoms with E-state index in [1.54, 1.807) is 11.3 Å². The summed E-state index contributed by atoms with van der Waals surface area (Å²) in [6, 6.07) is 12.1. The highest BCUT2D eigenvalue weighted by molar-refractivity contribution is 7.71. The normalized spacial score (nSPS) is 16.2. The molecule has 1 aromatic carbocycles. The molecule has 2 aromatic heterocycles. The lowest BCUT2D eigenvalue weighted by Crippen LogP contribution is -2.31. The minimum atomic E-state index is 0.175. The number of hydrogen-bond acceptors (Lipinski definition) is 4. The minimum Gasteiger partial charge on any atom is -0.335 e. The van der Waals surface area contributed by atoms with Gasteiger partial charge < -0.3 is 4.90 Å². The summed E-state index contributed by atoms with van der Waals surface area (Å²) >= 11 is 13.5. The van der Waals surface area contributed by atoms with E-state index >= 15 is 0 Å². The molecule has 1 aliphatic rings. The monoisotopic (exact) mass is 474 g/mol. The maximum absolute atomic E-state index is 13.0. The summed E-state index contributed by atoms with van der Waals surface area (Å²) in [5, 5.41) is 7.57. The molecule has 1 atom stereocenters. The Balaban J connectivity index is 1.52. The number of thiophene rings is 1. The fraction of sp³-hybridized carbons (Fsp3) is 0.435. The molecule has 0 aliphatic carbocycles. The minimum absolute atomic E-state index is 0.175. The van der Waals surface area contributed by atoms with E-state index in [2.05, 4.69) is 29.0 Å². The topological polar surface area (TPSA) is 43.1 Å². The van der Waals surface area contributed by atoms with Crippen LogP contribution in [0.5, 0.6) is 0 Å². The Labute approximate surface area is 197 Å². The van der Waals surface area contributed by atoms with Gasteiger partial charge in [0.1, 0.15) is 0 Å². The fourth-order valence-corrected chi connectivity index (χ4v) is 5.41. The lowest BCUT2D eigenvalue weighted by atomic mass is 10.2. The summed E-state index contributed by atoms with van der Waals surface area (Å²) in [6.07, 6.45) is 4.60. The number of likely N-dealkylation sites (tertiary alicyclic amines) is 1. The molecule has 1 fully saturated rings. The van der Waals surface area contributed by atoms with Gasteiger partial charge in [0.25, 0.3) is 0 Å². The largest absolute Gasteiger partial charge is 0.335 e. The van der Waals surface area contributed by atoms with Crippen LogP contribution in [0.15, 0.2) is 41.8 Å². The summed E-state index contributed by atoms with van der Waals surface area (Å²) in [5.74, 6) is 1.01. The van der Waals surface area contributed by atoms with E-state index < -0.39 is 0 Å². The smallest absolute Gasteiger partial charge is 0.224 e. The number of benzene rings is 1. The number of unbranched alkanes of at least 4 members (excludes halogenated alkanes) is 1. The number of nitrogens with zero attached hydrogens (tertiary/aromatic N) is 4. The summed E-state index contributed by atoms with van der Waals surface area (Å²) in [4.78, 5) is 16.3. The van der Waals surface area contributed by atoms with Crippen molar-refractivity contribution in [1.82, 2.24) is 19.2 Å². The van der Waals surface area contributed by atoms with Crippen molar-refractivity contribution in [3.05, 3.63) is 56.4 Å². The van der Waals surface area contributed by atoms with Crippen LogP contribution in [-0.2, 0) is 17.9 Å². The quantitative estimate of drug-likeness (QED) is 0.357. The number of amides is 1. The second-order valence-corrected chi connectivity index (χ2v) is 9.63. The molecule has 3 aromatic rings. The van der Waals surface area contributed by atoms with Crippen LogP contribution in [0.4, 0.5) is 0 Å². The average molecular weight is 475 g/mol. The molecule has 0 bridgehead atoms. The van der Waals surface area contributed by atoms with Crippen LogP contribution >= 0.6 is 35.2 Å². The lowest BCUT2D eigenvalue weighted by molar-refractivity contribution is -0.132. The molecule has 31 heavy (non-hydrogen) atoms. The first kappa shape index (κ1) is 22.2. The van der Waals surface area contributed by atoms with E-state index in [0.29, 0.717) is 22.8 Å². The number of aryl methyl sites for hydroxylation is 1. The van der Waals surface area contributed by atoms with Gasteiger partial charge in [-0.3, -0.25) is 9.36 Å². The van der Waals surface area contributed by atoms with Crippen LogP contribution in [0, 0.1) is 4.77 Å². The van der Waals surface area contributed by atoms with E-state index in [4.69, 9.17) is 28.9 Å². The van der Waals surface area contributed by atoms with Crippen molar-refractivity contribution in [3.63, 3.8) is 0 Å². The fourth-order valence-electron chi connectivity index (χ4n) is 4.10. The summed E-state index contributed by atoms with van der Waals surface area (Å²) < 4.78 is 4.56. The molecule has 0 radical (unpaired) electrons. The van der Waals surface area contributed by atoms with Gasteiger partial charge in [-0.25, -0.2) is 4.68 Å². The van der Waals surface area contributed by atoms with Crippen molar-refractivity contribution in [3.8, 4) is 11.4 Å². The number of halogens is 1. The Hall–Kier alpha value is -1.96. The summed E-state index contributed by atoms with van der Waals surface area (Å²) in [5.41, 5.74) is 0.981. The molecule has 1 aliphatic heterocycles. The number of rotatable bonds is 8. The van der Waals surface area contributed by atoms with Gasteiger partial charge in [-0.15, -0.1) is 11.3 Å². The van der Waals surface area contributed by atoms with E-state index in [1.165, 1.54) is 4.88 Å². The first-order valence-electron chi connectivity index (χ1n) is 10.8. The zero-order valence-corrected chi connectivity index (χ0v) is 20.1. The van der Waals surface area contributed by atoms with Crippen LogP contribution in [-0.4, -0.2) is 31.7 Å². The molecule has 8 heteroatoms. The highest BCUT2D eigenvalue weighted by Gasteiger charge is 2.30. The Morgan fingerprint density at radius 1 is 1.26 bits per heavy atom. The predicted molar refractivity (Wildman–Crippen MR) is 129 cm³/mol. The van der Waals surface area contributed by atoms with Crippen LogP contribution in [0.1, 0.15) is 49.9 Å². The Morgan fingerprint density at radius 2 is 2.06 bits per heavy atom. The van der Waals surface area contributed by atoms with Crippen LogP contribution < -0.4 is 0 Å². The Bertz CT molecular complexity index is 1070. The van der Waals surface area contributed by atoms with Gasteiger partial charge in [0, 0.05) is 35.0 Å². The maximum Gasteiger partial charge on any atom is 0.224 e. The third kappa shape index (κ3) is 4.94. The van der Waals surface area contributed by atoms with Gasteiger partial charge in [0.2, 0.25) is 5.91 Å². The molecule has 3 heterocycles. The van der Waals surface area contributed by atoms with E-state index in [1.807, 2.05) is 33.8 Å². The number of carbonyl (C=O) groups excluding carboxylic acids is 1. The molecular formula is C23H27ClN4OS2. The third-order valence-corrected chi connectivity index (χ3v) is 7.40. The van der Waals surface area contributed by atoms with Crippen molar-refractivity contribution < 1.29 is 4.79 Å². The van der Waals surface area contributed by atoms with E-state index in [0.717, 1.165) is 50.2 Å². The van der Waals surface area contributed by atoms with Crippen molar-refractivity contribution in [2.75, 3.05) is 6.54 Å². The molecule has 0 spiro atoms. The summed E-state index contributed by atoms with van der Waals surface area (Å²) in [6.45, 7) is 4.29.